The van der Waals surface area contributed by atoms with Gasteiger partial charge in [-0.3, -0.25) is 0 Å². The summed E-state index contributed by atoms with van der Waals surface area (Å²) < 4.78 is 0. The van der Waals surface area contributed by atoms with E-state index >= 15 is 0 Å². The van der Waals surface area contributed by atoms with Crippen molar-refractivity contribution in [3.63, 3.8) is 0 Å². The van der Waals surface area contributed by atoms with Crippen molar-refractivity contribution in [2.45, 2.75) is 13.3 Å². The monoisotopic (exact) mass is 131 g/mol. The molecule has 0 saturated carbocycles. The Hall–Kier alpha value is -0.430. The number of aromatic nitrogens is 1. The highest BCUT2D eigenvalue weighted by molar-refractivity contribution is 5.85. The van der Waals surface area contributed by atoms with Crippen LogP contribution in [0.25, 0.3) is 0 Å². The first kappa shape index (κ1) is 7.57. The van der Waals surface area contributed by atoms with E-state index < -0.39 is 0 Å². The highest BCUT2D eigenvalue weighted by Gasteiger charge is 1.81. The second-order valence-corrected chi connectivity index (χ2v) is 1.57. The Morgan fingerprint density at radius 1 is 1.62 bits per heavy atom. The molecule has 8 heavy (non-hydrogen) atoms. The van der Waals surface area contributed by atoms with Gasteiger partial charge < -0.3 is 4.98 Å². The van der Waals surface area contributed by atoms with E-state index in [0.717, 1.165) is 6.42 Å². The summed E-state index contributed by atoms with van der Waals surface area (Å²) >= 11 is 0. The van der Waals surface area contributed by atoms with Gasteiger partial charge in [0.05, 0.1) is 0 Å². The molecular weight excluding hydrogens is 122 g/mol. The molecule has 0 aliphatic heterocycles. The van der Waals surface area contributed by atoms with Crippen LogP contribution in [0.2, 0.25) is 0 Å². The van der Waals surface area contributed by atoms with Gasteiger partial charge in [-0.2, -0.15) is 0 Å². The zero-order chi connectivity index (χ0) is 5.11. The predicted molar refractivity (Wildman–Crippen MR) is 37.4 cm³/mol. The van der Waals surface area contributed by atoms with Crippen LogP contribution in [0, 0.1) is 0 Å². The van der Waals surface area contributed by atoms with Crippen molar-refractivity contribution in [3.05, 3.63) is 24.0 Å². The molecule has 1 aromatic heterocycles. The fraction of sp³-hybridized carbons (Fsp3) is 0.333. The van der Waals surface area contributed by atoms with Crippen LogP contribution in [0.15, 0.2) is 18.5 Å². The number of aryl methyl sites for hydroxylation is 1. The molecule has 0 radical (unpaired) electrons. The molecule has 2 heteroatoms. The van der Waals surface area contributed by atoms with Crippen LogP contribution in [0.5, 0.6) is 0 Å². The second kappa shape index (κ2) is 3.56. The van der Waals surface area contributed by atoms with E-state index in [0.29, 0.717) is 0 Å². The van der Waals surface area contributed by atoms with Crippen LogP contribution in [0.4, 0.5) is 0 Å². The maximum Gasteiger partial charge on any atom is 0.00372 e. The summed E-state index contributed by atoms with van der Waals surface area (Å²) in [5.74, 6) is 0. The molecule has 0 bridgehead atoms. The number of halogens is 1. The first-order chi connectivity index (χ1) is 3.43. The Labute approximate surface area is 55.5 Å². The normalized spacial score (nSPS) is 8.12. The summed E-state index contributed by atoms with van der Waals surface area (Å²) in [6.45, 7) is 2.14. The van der Waals surface area contributed by atoms with E-state index in [4.69, 9.17) is 0 Å². The number of rotatable bonds is 1. The molecule has 1 heterocycles. The van der Waals surface area contributed by atoms with E-state index in [-0.39, 0.29) is 12.4 Å². The average Bonchev–Trinajstić information content (AvgIpc) is 2.14. The van der Waals surface area contributed by atoms with Gasteiger partial charge in [0.2, 0.25) is 0 Å². The van der Waals surface area contributed by atoms with Crippen LogP contribution in [-0.4, -0.2) is 4.98 Å². The Morgan fingerprint density at radius 3 is 2.62 bits per heavy atom. The maximum atomic E-state index is 2.98. The Balaban J connectivity index is 0.000000490. The lowest BCUT2D eigenvalue weighted by Crippen LogP contribution is -1.67. The summed E-state index contributed by atoms with van der Waals surface area (Å²) in [6.07, 6.45) is 5.09. The van der Waals surface area contributed by atoms with Crippen LogP contribution in [0.1, 0.15) is 12.5 Å². The largest absolute Gasteiger partial charge is 0.367 e. The van der Waals surface area contributed by atoms with Gasteiger partial charge >= 0.3 is 0 Å². The van der Waals surface area contributed by atoms with E-state index in [1.165, 1.54) is 5.56 Å². The van der Waals surface area contributed by atoms with Gasteiger partial charge in [0.1, 0.15) is 0 Å². The molecule has 1 rings (SSSR count). The molecule has 0 unspecified atom stereocenters. The molecular formula is C6H10ClN. The van der Waals surface area contributed by atoms with Crippen molar-refractivity contribution in [2.75, 3.05) is 0 Å². The zero-order valence-electron chi connectivity index (χ0n) is 4.85. The van der Waals surface area contributed by atoms with E-state index in [2.05, 4.69) is 18.0 Å². The third-order valence-electron chi connectivity index (χ3n) is 1.07. The van der Waals surface area contributed by atoms with Gasteiger partial charge in [-0.25, -0.2) is 0 Å². The van der Waals surface area contributed by atoms with Crippen LogP contribution < -0.4 is 0 Å². The lowest BCUT2D eigenvalue weighted by molar-refractivity contribution is 1.14. The summed E-state index contributed by atoms with van der Waals surface area (Å²) in [4.78, 5) is 2.98. The molecule has 0 atom stereocenters. The maximum absolute atomic E-state index is 2.98. The van der Waals surface area contributed by atoms with Crippen LogP contribution >= 0.6 is 12.4 Å². The van der Waals surface area contributed by atoms with Gasteiger partial charge in [-0.05, 0) is 18.1 Å². The highest BCUT2D eigenvalue weighted by Crippen LogP contribution is 1.94. The van der Waals surface area contributed by atoms with Gasteiger partial charge in [0.25, 0.3) is 0 Å². The summed E-state index contributed by atoms with van der Waals surface area (Å²) in [7, 11) is 0. The fourth-order valence-corrected chi connectivity index (χ4v) is 0.578. The Morgan fingerprint density at radius 2 is 2.38 bits per heavy atom. The van der Waals surface area contributed by atoms with Crippen LogP contribution in [0.3, 0.4) is 0 Å². The first-order valence-electron chi connectivity index (χ1n) is 2.55. The number of aromatic amines is 1. The third kappa shape index (κ3) is 1.58. The highest BCUT2D eigenvalue weighted by atomic mass is 35.5. The molecule has 0 aliphatic carbocycles. The lowest BCUT2D eigenvalue weighted by atomic mass is 10.3. The molecule has 0 spiro atoms. The predicted octanol–water partition coefficient (Wildman–Crippen LogP) is 2.00. The number of hydrogen-bond donors (Lipinski definition) is 1. The minimum absolute atomic E-state index is 0. The van der Waals surface area contributed by atoms with E-state index in [1.807, 2.05) is 12.4 Å². The average molecular weight is 132 g/mol. The minimum atomic E-state index is 0. The molecule has 46 valence electrons. The first-order valence-corrected chi connectivity index (χ1v) is 2.55. The van der Waals surface area contributed by atoms with Gasteiger partial charge in [0.15, 0.2) is 0 Å². The van der Waals surface area contributed by atoms with E-state index in [9.17, 15) is 0 Å². The van der Waals surface area contributed by atoms with Crippen LogP contribution in [-0.2, 0) is 6.42 Å². The lowest BCUT2D eigenvalue weighted by Gasteiger charge is -1.78. The summed E-state index contributed by atoms with van der Waals surface area (Å²) in [5, 5.41) is 0. The number of hydrogen-bond acceptors (Lipinski definition) is 0. The molecule has 1 N–H and O–H groups in total. The molecule has 0 fully saturated rings. The fourth-order valence-electron chi connectivity index (χ4n) is 0.578. The van der Waals surface area contributed by atoms with Gasteiger partial charge in [-0.1, -0.05) is 6.92 Å². The third-order valence-corrected chi connectivity index (χ3v) is 1.07. The number of H-pyrrole nitrogens is 1. The molecule has 0 aliphatic rings. The SMILES string of the molecule is CCc1cc[nH]c1.Cl. The summed E-state index contributed by atoms with van der Waals surface area (Å²) in [6, 6.07) is 2.08. The Bertz CT molecular complexity index is 123. The summed E-state index contributed by atoms with van der Waals surface area (Å²) in [5.41, 5.74) is 1.38. The van der Waals surface area contributed by atoms with Crippen molar-refractivity contribution < 1.29 is 0 Å². The minimum Gasteiger partial charge on any atom is -0.367 e. The zero-order valence-corrected chi connectivity index (χ0v) is 5.66. The van der Waals surface area contributed by atoms with Gasteiger partial charge in [-0.15, -0.1) is 12.4 Å². The molecule has 1 nitrogen and oxygen atoms in total. The molecule has 0 aromatic carbocycles. The van der Waals surface area contributed by atoms with Crippen molar-refractivity contribution in [3.8, 4) is 0 Å². The van der Waals surface area contributed by atoms with Crippen molar-refractivity contribution >= 4 is 12.4 Å². The Kier molecular flexibility index (Phi) is 3.37. The second-order valence-electron chi connectivity index (χ2n) is 1.57. The van der Waals surface area contributed by atoms with Crippen molar-refractivity contribution in [2.24, 2.45) is 0 Å². The molecule has 0 amide bonds. The number of nitrogens with one attached hydrogen (secondary N) is 1. The van der Waals surface area contributed by atoms with Crippen molar-refractivity contribution in [1.29, 1.82) is 0 Å². The van der Waals surface area contributed by atoms with E-state index in [1.54, 1.807) is 0 Å². The van der Waals surface area contributed by atoms with Crippen molar-refractivity contribution in [1.82, 2.24) is 4.98 Å². The molecule has 1 aromatic rings. The smallest absolute Gasteiger partial charge is 0.00372 e. The quantitative estimate of drug-likeness (QED) is 0.600. The molecule has 0 saturated heterocycles. The topological polar surface area (TPSA) is 15.8 Å². The van der Waals surface area contributed by atoms with Gasteiger partial charge in [0, 0.05) is 12.4 Å². The standard InChI is InChI=1S/C6H9N.ClH/c1-2-6-3-4-7-5-6;/h3-5,7H,2H2,1H3;1H.